The monoisotopic (exact) mass is 525 g/mol. The largest absolute Gasteiger partial charge is 0.496 e. The Bertz CT molecular complexity index is 856. The highest BCUT2D eigenvalue weighted by atomic mass is 127. The molecule has 0 heterocycles. The van der Waals surface area contributed by atoms with E-state index in [9.17, 15) is 9.59 Å². The molecule has 2 aromatic rings. The Morgan fingerprint density at radius 2 is 1.73 bits per heavy atom. The number of methoxy groups -OCH3 is 1. The first-order valence-electron chi connectivity index (χ1n) is 9.25. The van der Waals surface area contributed by atoms with Crippen LogP contribution >= 0.6 is 24.0 Å². The van der Waals surface area contributed by atoms with Gasteiger partial charge in [0.05, 0.1) is 13.7 Å². The van der Waals surface area contributed by atoms with Crippen LogP contribution in [0.25, 0.3) is 0 Å². The molecule has 30 heavy (non-hydrogen) atoms. The molecule has 9 heteroatoms. The van der Waals surface area contributed by atoms with Gasteiger partial charge in [-0.15, -0.1) is 24.0 Å². The van der Waals surface area contributed by atoms with E-state index in [4.69, 9.17) is 10.5 Å². The van der Waals surface area contributed by atoms with Gasteiger partial charge in [-0.05, 0) is 35.7 Å². The highest BCUT2D eigenvalue weighted by Crippen LogP contribution is 2.17. The number of hydrogen-bond donors (Lipinski definition) is 4. The van der Waals surface area contributed by atoms with Crippen molar-refractivity contribution in [3.63, 3.8) is 0 Å². The molecule has 162 valence electrons. The Labute approximate surface area is 193 Å². The first kappa shape index (κ1) is 25.2. The number of nitrogens with one attached hydrogen (secondary N) is 3. The standard InChI is InChI=1S/C21H27N5O3.HI/c1-23-21(24-12-11-16-5-3-4-6-18(16)29-2)26-13-15-7-9-17(10-8-15)20(28)25-14-19(22)27;/h3-10H,11-14H2,1-2H3,(H2,22,27)(H,25,28)(H2,23,24,26);1H. The Balaban J connectivity index is 0.00000450. The van der Waals surface area contributed by atoms with Crippen LogP contribution in [-0.2, 0) is 17.8 Å². The molecule has 0 saturated heterocycles. The van der Waals surface area contributed by atoms with E-state index in [2.05, 4.69) is 20.9 Å². The van der Waals surface area contributed by atoms with E-state index >= 15 is 0 Å². The molecular weight excluding hydrogens is 497 g/mol. The van der Waals surface area contributed by atoms with Gasteiger partial charge in [-0.3, -0.25) is 14.6 Å². The number of amides is 2. The zero-order valence-corrected chi connectivity index (χ0v) is 19.4. The minimum absolute atomic E-state index is 0. The van der Waals surface area contributed by atoms with Gasteiger partial charge >= 0.3 is 0 Å². The summed E-state index contributed by atoms with van der Waals surface area (Å²) in [5, 5.41) is 8.96. The molecule has 0 aliphatic heterocycles. The minimum atomic E-state index is -0.580. The van der Waals surface area contributed by atoms with Crippen molar-refractivity contribution in [3.8, 4) is 5.75 Å². The van der Waals surface area contributed by atoms with Gasteiger partial charge in [0.25, 0.3) is 5.91 Å². The van der Waals surface area contributed by atoms with Crippen LogP contribution in [0.1, 0.15) is 21.5 Å². The lowest BCUT2D eigenvalue weighted by Crippen LogP contribution is -2.37. The zero-order chi connectivity index (χ0) is 21.1. The van der Waals surface area contributed by atoms with E-state index in [1.165, 1.54) is 0 Å². The number of aliphatic imine (C=N–C) groups is 1. The Morgan fingerprint density at radius 1 is 1.03 bits per heavy atom. The molecule has 2 aromatic carbocycles. The van der Waals surface area contributed by atoms with Gasteiger partial charge in [0.15, 0.2) is 5.96 Å². The van der Waals surface area contributed by atoms with Crippen LogP contribution in [0, 0.1) is 0 Å². The number of hydrogen-bond acceptors (Lipinski definition) is 4. The highest BCUT2D eigenvalue weighted by Gasteiger charge is 2.07. The fourth-order valence-corrected chi connectivity index (χ4v) is 2.67. The summed E-state index contributed by atoms with van der Waals surface area (Å²) in [6.45, 7) is 1.08. The lowest BCUT2D eigenvalue weighted by Gasteiger charge is -2.13. The van der Waals surface area contributed by atoms with Crippen molar-refractivity contribution in [3.05, 3.63) is 65.2 Å². The Morgan fingerprint density at radius 3 is 2.37 bits per heavy atom. The van der Waals surface area contributed by atoms with E-state index < -0.39 is 5.91 Å². The molecular formula is C21H28IN5O3. The van der Waals surface area contributed by atoms with Gasteiger partial charge < -0.3 is 26.4 Å². The second kappa shape index (κ2) is 13.4. The normalized spacial score (nSPS) is 10.5. The van der Waals surface area contributed by atoms with E-state index in [-0.39, 0.29) is 36.4 Å². The summed E-state index contributed by atoms with van der Waals surface area (Å²) in [7, 11) is 3.38. The summed E-state index contributed by atoms with van der Waals surface area (Å²) in [5.41, 5.74) is 7.61. The number of nitrogens with two attached hydrogens (primary N) is 1. The van der Waals surface area contributed by atoms with Crippen LogP contribution in [0.15, 0.2) is 53.5 Å². The number of nitrogens with zero attached hydrogens (tertiary/aromatic N) is 1. The second-order valence-electron chi connectivity index (χ2n) is 6.26. The lowest BCUT2D eigenvalue weighted by molar-refractivity contribution is -0.117. The van der Waals surface area contributed by atoms with Gasteiger partial charge in [0.2, 0.25) is 5.91 Å². The quantitative estimate of drug-likeness (QED) is 0.225. The molecule has 0 fully saturated rings. The fraction of sp³-hybridized carbons (Fsp3) is 0.286. The van der Waals surface area contributed by atoms with Crippen molar-refractivity contribution in [2.75, 3.05) is 27.2 Å². The van der Waals surface area contributed by atoms with E-state index in [0.717, 1.165) is 23.3 Å². The summed E-state index contributed by atoms with van der Waals surface area (Å²) in [6, 6.07) is 15.0. The van der Waals surface area contributed by atoms with Gasteiger partial charge in [0, 0.05) is 25.7 Å². The third-order valence-electron chi connectivity index (χ3n) is 4.20. The molecule has 5 N–H and O–H groups in total. The smallest absolute Gasteiger partial charge is 0.251 e. The van der Waals surface area contributed by atoms with Crippen molar-refractivity contribution in [2.45, 2.75) is 13.0 Å². The van der Waals surface area contributed by atoms with Gasteiger partial charge in [-0.2, -0.15) is 0 Å². The number of benzene rings is 2. The zero-order valence-electron chi connectivity index (χ0n) is 17.1. The Kier molecular flexibility index (Phi) is 11.3. The molecule has 0 unspecified atom stereocenters. The maximum absolute atomic E-state index is 11.9. The number of guanidine groups is 1. The van der Waals surface area contributed by atoms with Crippen LogP contribution in [0.5, 0.6) is 5.75 Å². The van der Waals surface area contributed by atoms with E-state index in [1.807, 2.05) is 36.4 Å². The summed E-state index contributed by atoms with van der Waals surface area (Å²) in [5.74, 6) is 0.640. The highest BCUT2D eigenvalue weighted by molar-refractivity contribution is 14.0. The van der Waals surface area contributed by atoms with Crippen molar-refractivity contribution < 1.29 is 14.3 Å². The molecule has 0 aliphatic rings. The topological polar surface area (TPSA) is 118 Å². The molecule has 0 aliphatic carbocycles. The average molecular weight is 525 g/mol. The van der Waals surface area contributed by atoms with Crippen molar-refractivity contribution in [2.24, 2.45) is 10.7 Å². The molecule has 0 atom stereocenters. The van der Waals surface area contributed by atoms with Gasteiger partial charge in [-0.1, -0.05) is 30.3 Å². The van der Waals surface area contributed by atoms with Crippen molar-refractivity contribution in [1.82, 2.24) is 16.0 Å². The Hall–Kier alpha value is -2.82. The van der Waals surface area contributed by atoms with E-state index in [0.29, 0.717) is 24.6 Å². The predicted molar refractivity (Wildman–Crippen MR) is 128 cm³/mol. The maximum atomic E-state index is 11.9. The van der Waals surface area contributed by atoms with Crippen molar-refractivity contribution in [1.29, 1.82) is 0 Å². The molecule has 8 nitrogen and oxygen atoms in total. The van der Waals surface area contributed by atoms with Crippen LogP contribution in [0.3, 0.4) is 0 Å². The summed E-state index contributed by atoms with van der Waals surface area (Å²) in [4.78, 5) is 26.8. The summed E-state index contributed by atoms with van der Waals surface area (Å²) >= 11 is 0. The molecule has 0 radical (unpaired) electrons. The molecule has 2 rings (SSSR count). The van der Waals surface area contributed by atoms with Crippen LogP contribution in [-0.4, -0.2) is 45.0 Å². The third-order valence-corrected chi connectivity index (χ3v) is 4.20. The second-order valence-corrected chi connectivity index (χ2v) is 6.26. The summed E-state index contributed by atoms with van der Waals surface area (Å²) < 4.78 is 5.36. The molecule has 2 amide bonds. The number of rotatable bonds is 9. The predicted octanol–water partition coefficient (Wildman–Crippen LogP) is 1.44. The number of ether oxygens (including phenoxy) is 1. The first-order chi connectivity index (χ1) is 14.0. The van der Waals surface area contributed by atoms with Gasteiger partial charge in [0.1, 0.15) is 5.75 Å². The van der Waals surface area contributed by atoms with Crippen LogP contribution < -0.4 is 26.4 Å². The SMILES string of the molecule is CN=C(NCCc1ccccc1OC)NCc1ccc(C(=O)NCC(N)=O)cc1.I. The van der Waals surface area contributed by atoms with Crippen LogP contribution in [0.2, 0.25) is 0 Å². The number of halogens is 1. The van der Waals surface area contributed by atoms with Gasteiger partial charge in [-0.25, -0.2) is 0 Å². The number of primary amides is 1. The first-order valence-corrected chi connectivity index (χ1v) is 9.25. The molecule has 0 bridgehead atoms. The third kappa shape index (κ3) is 8.27. The molecule has 0 spiro atoms. The van der Waals surface area contributed by atoms with E-state index in [1.54, 1.807) is 26.3 Å². The molecule has 0 saturated carbocycles. The number of carbonyl (C=O) groups excluding carboxylic acids is 2. The lowest BCUT2D eigenvalue weighted by atomic mass is 10.1. The van der Waals surface area contributed by atoms with Crippen LogP contribution in [0.4, 0.5) is 0 Å². The summed E-state index contributed by atoms with van der Waals surface area (Å²) in [6.07, 6.45) is 0.805. The minimum Gasteiger partial charge on any atom is -0.496 e. The van der Waals surface area contributed by atoms with Crippen molar-refractivity contribution >= 4 is 41.8 Å². The fourth-order valence-electron chi connectivity index (χ4n) is 2.67. The molecule has 0 aromatic heterocycles. The maximum Gasteiger partial charge on any atom is 0.251 e. The number of para-hydroxylation sites is 1. The average Bonchev–Trinajstić information content (AvgIpc) is 2.75. The number of carbonyl (C=O) groups is 2.